The van der Waals surface area contributed by atoms with Crippen molar-refractivity contribution in [2.45, 2.75) is 51.7 Å². The van der Waals surface area contributed by atoms with E-state index in [0.29, 0.717) is 19.4 Å². The van der Waals surface area contributed by atoms with Crippen molar-refractivity contribution in [1.82, 2.24) is 0 Å². The molecule has 0 aliphatic rings. The van der Waals surface area contributed by atoms with E-state index in [2.05, 4.69) is 89.4 Å². The van der Waals surface area contributed by atoms with E-state index in [4.69, 9.17) is 9.16 Å². The first kappa shape index (κ1) is 24.8. The van der Waals surface area contributed by atoms with Crippen LogP contribution in [0.1, 0.15) is 40.5 Å². The molecule has 0 aliphatic heterocycles. The van der Waals surface area contributed by atoms with Crippen LogP contribution in [0.3, 0.4) is 0 Å². The first-order valence-corrected chi connectivity index (χ1v) is 12.8. The molecule has 0 fully saturated rings. The molecule has 3 nitrogen and oxygen atoms in total. The van der Waals surface area contributed by atoms with Crippen LogP contribution < -0.4 is 10.4 Å². The first-order chi connectivity index (χ1) is 14.7. The van der Waals surface area contributed by atoms with Gasteiger partial charge in [0.2, 0.25) is 0 Å². The molecule has 31 heavy (non-hydrogen) atoms. The van der Waals surface area contributed by atoms with Crippen molar-refractivity contribution in [3.05, 3.63) is 86.0 Å². The van der Waals surface area contributed by atoms with Gasteiger partial charge in [-0.3, -0.25) is 0 Å². The van der Waals surface area contributed by atoms with E-state index in [0.717, 1.165) is 0 Å². The van der Waals surface area contributed by atoms with Crippen molar-refractivity contribution in [2.75, 3.05) is 6.61 Å². The minimum atomic E-state index is -2.56. The lowest BCUT2D eigenvalue weighted by Crippen LogP contribution is -2.66. The summed E-state index contributed by atoms with van der Waals surface area (Å²) in [5, 5.41) is 2.47. The molecule has 166 valence electrons. The van der Waals surface area contributed by atoms with Crippen LogP contribution in [0.4, 0.5) is 0 Å². The van der Waals surface area contributed by atoms with Gasteiger partial charge in [0.25, 0.3) is 8.32 Å². The fourth-order valence-corrected chi connectivity index (χ4v) is 8.83. The molecule has 0 heterocycles. The third kappa shape index (κ3) is 6.28. The van der Waals surface area contributed by atoms with E-state index in [-0.39, 0.29) is 17.1 Å². The minimum Gasteiger partial charge on any atom is -0.459 e. The van der Waals surface area contributed by atoms with Gasteiger partial charge in [-0.2, -0.15) is 0 Å². The summed E-state index contributed by atoms with van der Waals surface area (Å²) >= 11 is 0. The third-order valence-corrected chi connectivity index (χ3v) is 10.6. The Balaban J connectivity index is 2.33. The summed E-state index contributed by atoms with van der Waals surface area (Å²) in [7, 11) is -2.56. The van der Waals surface area contributed by atoms with Gasteiger partial charge in [-0.05, 0) is 27.8 Å². The Morgan fingerprint density at radius 2 is 1.52 bits per heavy atom. The zero-order valence-corrected chi connectivity index (χ0v) is 20.3. The maximum Gasteiger partial charge on any atom is 0.330 e. The summed E-state index contributed by atoms with van der Waals surface area (Å²) in [4.78, 5) is 11.7. The molecule has 2 aromatic carbocycles. The highest BCUT2D eigenvalue weighted by atomic mass is 28.4. The number of hydrogen-bond acceptors (Lipinski definition) is 3. The monoisotopic (exact) mass is 436 g/mol. The van der Waals surface area contributed by atoms with Crippen molar-refractivity contribution >= 4 is 24.7 Å². The fraction of sp³-hybridized carbons (Fsp3) is 0.370. The van der Waals surface area contributed by atoms with Crippen LogP contribution in [0.25, 0.3) is 0 Å². The van der Waals surface area contributed by atoms with Gasteiger partial charge in [0, 0.05) is 19.1 Å². The summed E-state index contributed by atoms with van der Waals surface area (Å²) in [6.45, 7) is 16.9. The molecular weight excluding hydrogens is 400 g/mol. The lowest BCUT2D eigenvalue weighted by molar-refractivity contribution is -0.143. The second-order valence-corrected chi connectivity index (χ2v) is 13.4. The fourth-order valence-electron chi connectivity index (χ4n) is 4.14. The molecule has 0 saturated carbocycles. The summed E-state index contributed by atoms with van der Waals surface area (Å²) in [5.74, 6) is -0.184. The lowest BCUT2D eigenvalue weighted by Gasteiger charge is -2.43. The van der Waals surface area contributed by atoms with Crippen molar-refractivity contribution in [1.29, 1.82) is 0 Å². The topological polar surface area (TPSA) is 35.5 Å². The largest absolute Gasteiger partial charge is 0.459 e. The lowest BCUT2D eigenvalue weighted by atomic mass is 10.0. The second kappa shape index (κ2) is 11.3. The van der Waals surface area contributed by atoms with Crippen molar-refractivity contribution < 1.29 is 14.0 Å². The van der Waals surface area contributed by atoms with E-state index < -0.39 is 14.3 Å². The van der Waals surface area contributed by atoms with Gasteiger partial charge in [-0.25, -0.2) is 4.79 Å². The van der Waals surface area contributed by atoms with Gasteiger partial charge in [-0.15, -0.1) is 6.58 Å². The highest BCUT2D eigenvalue weighted by Gasteiger charge is 2.50. The van der Waals surface area contributed by atoms with Gasteiger partial charge in [0.15, 0.2) is 0 Å². The zero-order valence-electron chi connectivity index (χ0n) is 19.3. The maximum absolute atomic E-state index is 11.7. The average Bonchev–Trinajstić information content (AvgIpc) is 2.74. The highest BCUT2D eigenvalue weighted by molar-refractivity contribution is 6.99. The summed E-state index contributed by atoms with van der Waals surface area (Å²) < 4.78 is 12.5. The van der Waals surface area contributed by atoms with Crippen LogP contribution in [0.2, 0.25) is 5.04 Å². The third-order valence-electron chi connectivity index (χ3n) is 5.55. The first-order valence-electron chi connectivity index (χ1n) is 10.9. The number of carbonyl (C=O) groups is 1. The molecule has 2 aromatic rings. The summed E-state index contributed by atoms with van der Waals surface area (Å²) in [5.41, 5.74) is 0. The zero-order chi connectivity index (χ0) is 22.9. The van der Waals surface area contributed by atoms with Gasteiger partial charge < -0.3 is 9.16 Å². The molecule has 0 saturated heterocycles. The van der Waals surface area contributed by atoms with Crippen LogP contribution >= 0.6 is 0 Å². The summed E-state index contributed by atoms with van der Waals surface area (Å²) in [6, 6.07) is 21.2. The molecule has 4 heteroatoms. The van der Waals surface area contributed by atoms with Crippen LogP contribution in [0.15, 0.2) is 86.0 Å². The van der Waals surface area contributed by atoms with Crippen molar-refractivity contribution in [3.8, 4) is 0 Å². The van der Waals surface area contributed by atoms with E-state index in [1.54, 1.807) is 6.08 Å². The maximum atomic E-state index is 11.7. The number of ether oxygens (including phenoxy) is 1. The Hall–Kier alpha value is -2.43. The predicted molar refractivity (Wildman–Crippen MR) is 132 cm³/mol. The minimum absolute atomic E-state index is 0.0642. The van der Waals surface area contributed by atoms with E-state index >= 15 is 0 Å². The molecule has 0 aromatic heterocycles. The smallest absolute Gasteiger partial charge is 0.330 e. The van der Waals surface area contributed by atoms with Crippen LogP contribution in [-0.2, 0) is 14.0 Å². The average molecular weight is 437 g/mol. The number of carbonyl (C=O) groups excluding carboxylic acids is 1. The number of rotatable bonds is 11. The molecule has 0 N–H and O–H groups in total. The molecule has 0 unspecified atom stereocenters. The van der Waals surface area contributed by atoms with Gasteiger partial charge in [0.05, 0.1) is 0 Å². The van der Waals surface area contributed by atoms with Crippen LogP contribution in [-0.4, -0.2) is 27.0 Å². The molecule has 0 amide bonds. The van der Waals surface area contributed by atoms with Gasteiger partial charge >= 0.3 is 5.97 Å². The van der Waals surface area contributed by atoms with Gasteiger partial charge in [0.1, 0.15) is 6.10 Å². The Morgan fingerprint density at radius 1 is 1.00 bits per heavy atom. The second-order valence-electron chi connectivity index (χ2n) is 9.10. The molecule has 0 bridgehead atoms. The SMILES string of the molecule is C=CC[C@@H](C[C@H](C)CO[Si](c1ccccc1)(c1ccccc1)C(C)(C)C)OC(=O)C=C. The highest BCUT2D eigenvalue weighted by Crippen LogP contribution is 2.37. The normalized spacial score (nSPS) is 13.8. The van der Waals surface area contributed by atoms with Crippen LogP contribution in [0, 0.1) is 5.92 Å². The van der Waals surface area contributed by atoms with E-state index in [1.807, 2.05) is 12.1 Å². The number of esters is 1. The quantitative estimate of drug-likeness (QED) is 0.208. The van der Waals surface area contributed by atoms with Crippen molar-refractivity contribution in [2.24, 2.45) is 5.92 Å². The van der Waals surface area contributed by atoms with E-state index in [1.165, 1.54) is 16.4 Å². The molecule has 0 radical (unpaired) electrons. The van der Waals surface area contributed by atoms with Crippen LogP contribution in [0.5, 0.6) is 0 Å². The number of benzene rings is 2. The Morgan fingerprint density at radius 3 is 1.94 bits per heavy atom. The van der Waals surface area contributed by atoms with Crippen molar-refractivity contribution in [3.63, 3.8) is 0 Å². The Kier molecular flexibility index (Phi) is 9.02. The summed E-state index contributed by atoms with van der Waals surface area (Å²) in [6.07, 6.45) is 4.10. The molecule has 0 spiro atoms. The Bertz CT molecular complexity index is 800. The molecule has 2 atom stereocenters. The molecule has 2 rings (SSSR count). The Labute approximate surface area is 188 Å². The van der Waals surface area contributed by atoms with Gasteiger partial charge in [-0.1, -0.05) is 101 Å². The number of hydrogen-bond donors (Lipinski definition) is 0. The van der Waals surface area contributed by atoms with E-state index in [9.17, 15) is 4.79 Å². The standard InChI is InChI=1S/C27H36O3Si/c1-7-15-23(30-26(28)8-2)20-22(3)21-29-31(27(4,5)6,24-16-11-9-12-17-24)25-18-13-10-14-19-25/h7-14,16-19,22-23H,1-2,15,20-21H2,3-6H3/t22-,23-/m0/s1. The molecule has 0 aliphatic carbocycles. The predicted octanol–water partition coefficient (Wildman–Crippen LogP) is 5.26. The molecular formula is C27H36O3Si.